The van der Waals surface area contributed by atoms with Crippen molar-refractivity contribution in [2.45, 2.75) is 38.9 Å². The molecule has 136 valence electrons. The number of nitrogens with one attached hydrogen (secondary N) is 1. The van der Waals surface area contributed by atoms with E-state index in [0.29, 0.717) is 12.3 Å². The first-order valence-electron chi connectivity index (χ1n) is 8.30. The minimum absolute atomic E-state index is 0.386. The molecule has 1 aromatic carbocycles. The number of carboxylic acids is 1. The summed E-state index contributed by atoms with van der Waals surface area (Å²) in [5.41, 5.74) is 0.837. The Morgan fingerprint density at radius 2 is 1.84 bits per heavy atom. The van der Waals surface area contributed by atoms with E-state index in [4.69, 9.17) is 19.2 Å². The van der Waals surface area contributed by atoms with Crippen LogP contribution in [0.4, 0.5) is 0 Å². The molecule has 1 saturated heterocycles. The number of carbonyl (C=O) groups is 1. The van der Waals surface area contributed by atoms with Crippen molar-refractivity contribution in [1.82, 2.24) is 5.32 Å². The summed E-state index contributed by atoms with van der Waals surface area (Å²) < 4.78 is 17.6. The van der Waals surface area contributed by atoms with Crippen molar-refractivity contribution in [1.29, 1.82) is 0 Å². The molecule has 1 aromatic rings. The second-order valence-corrected chi connectivity index (χ2v) is 7.06. The standard InChI is InChI=1S/C18H26BNO5/c1-17(2)18(3,4)25-19(24-17)14(11-20-5)10-13-8-6-7-9-15(13)23-12-16(21)22/h6-10,20H,11-12H2,1-5H3,(H,21,22). The Morgan fingerprint density at radius 1 is 1.24 bits per heavy atom. The van der Waals surface area contributed by atoms with Crippen molar-refractivity contribution in [2.24, 2.45) is 0 Å². The fourth-order valence-corrected chi connectivity index (χ4v) is 2.47. The van der Waals surface area contributed by atoms with Crippen LogP contribution in [-0.4, -0.2) is 49.6 Å². The summed E-state index contributed by atoms with van der Waals surface area (Å²) in [6, 6.07) is 7.30. The van der Waals surface area contributed by atoms with E-state index in [1.54, 1.807) is 12.1 Å². The Morgan fingerprint density at radius 3 is 2.40 bits per heavy atom. The molecule has 25 heavy (non-hydrogen) atoms. The van der Waals surface area contributed by atoms with E-state index in [-0.39, 0.29) is 6.61 Å². The molecule has 7 heteroatoms. The second kappa shape index (κ2) is 7.60. The normalized spacial score (nSPS) is 19.1. The molecule has 6 nitrogen and oxygen atoms in total. The summed E-state index contributed by atoms with van der Waals surface area (Å²) in [6.45, 7) is 8.22. The van der Waals surface area contributed by atoms with Crippen molar-refractivity contribution in [3.05, 3.63) is 35.3 Å². The fourth-order valence-electron chi connectivity index (χ4n) is 2.47. The van der Waals surface area contributed by atoms with Crippen molar-refractivity contribution < 1.29 is 23.9 Å². The highest BCUT2D eigenvalue weighted by Gasteiger charge is 2.52. The number of aliphatic carboxylic acids is 1. The molecule has 0 atom stereocenters. The van der Waals surface area contributed by atoms with Crippen LogP contribution in [0.5, 0.6) is 5.75 Å². The van der Waals surface area contributed by atoms with Crippen molar-refractivity contribution >= 4 is 19.2 Å². The average molecular weight is 347 g/mol. The second-order valence-electron chi connectivity index (χ2n) is 7.06. The van der Waals surface area contributed by atoms with Gasteiger partial charge < -0.3 is 24.5 Å². The van der Waals surface area contributed by atoms with Gasteiger partial charge in [-0.05, 0) is 46.3 Å². The molecule has 0 saturated carbocycles. The van der Waals surface area contributed by atoms with Crippen LogP contribution >= 0.6 is 0 Å². The number of hydrogen-bond donors (Lipinski definition) is 2. The molecule has 0 bridgehead atoms. The molecular weight excluding hydrogens is 321 g/mol. The highest BCUT2D eigenvalue weighted by Crippen LogP contribution is 2.39. The lowest BCUT2D eigenvalue weighted by atomic mass is 9.77. The maximum absolute atomic E-state index is 10.8. The summed E-state index contributed by atoms with van der Waals surface area (Å²) in [5, 5.41) is 12.0. The highest BCUT2D eigenvalue weighted by atomic mass is 16.7. The van der Waals surface area contributed by atoms with Gasteiger partial charge in [0.25, 0.3) is 0 Å². The molecule has 1 heterocycles. The van der Waals surface area contributed by atoms with Crippen LogP contribution in [-0.2, 0) is 14.1 Å². The lowest BCUT2D eigenvalue weighted by Gasteiger charge is -2.32. The number of hydrogen-bond acceptors (Lipinski definition) is 5. The zero-order chi connectivity index (χ0) is 18.7. The third kappa shape index (κ3) is 4.63. The Hall–Kier alpha value is -1.83. The van der Waals surface area contributed by atoms with Crippen molar-refractivity contribution in [3.63, 3.8) is 0 Å². The lowest BCUT2D eigenvalue weighted by Crippen LogP contribution is -2.41. The van der Waals surface area contributed by atoms with E-state index in [9.17, 15) is 4.79 Å². The Bertz CT molecular complexity index is 641. The van der Waals surface area contributed by atoms with Crippen LogP contribution < -0.4 is 10.1 Å². The van der Waals surface area contributed by atoms with Gasteiger partial charge in [0.1, 0.15) is 5.75 Å². The number of benzene rings is 1. The number of carboxylic acid groups (broad SMARTS) is 1. The summed E-state index contributed by atoms with van der Waals surface area (Å²) in [4.78, 5) is 10.8. The third-order valence-electron chi connectivity index (χ3n) is 4.55. The van der Waals surface area contributed by atoms with E-state index in [1.165, 1.54) is 0 Å². The van der Waals surface area contributed by atoms with E-state index in [2.05, 4.69) is 5.32 Å². The van der Waals surface area contributed by atoms with Gasteiger partial charge in [-0.15, -0.1) is 0 Å². The van der Waals surface area contributed by atoms with Crippen LogP contribution in [0.25, 0.3) is 6.08 Å². The minimum atomic E-state index is -1.01. The van der Waals surface area contributed by atoms with Gasteiger partial charge in [0.2, 0.25) is 0 Å². The quantitative estimate of drug-likeness (QED) is 0.738. The average Bonchev–Trinajstić information content (AvgIpc) is 2.74. The monoisotopic (exact) mass is 347 g/mol. The molecule has 0 radical (unpaired) electrons. The van der Waals surface area contributed by atoms with Gasteiger partial charge in [-0.1, -0.05) is 24.3 Å². The minimum Gasteiger partial charge on any atom is -0.481 e. The summed E-state index contributed by atoms with van der Waals surface area (Å²) >= 11 is 0. The molecule has 2 rings (SSSR count). The van der Waals surface area contributed by atoms with Crippen LogP contribution in [0.2, 0.25) is 0 Å². The first kappa shape index (κ1) is 19.5. The van der Waals surface area contributed by atoms with E-state index in [1.807, 2.05) is 53.0 Å². The Labute approximate surface area is 149 Å². The topological polar surface area (TPSA) is 77.0 Å². The van der Waals surface area contributed by atoms with Gasteiger partial charge in [0.05, 0.1) is 11.2 Å². The predicted molar refractivity (Wildman–Crippen MR) is 97.6 cm³/mol. The van der Waals surface area contributed by atoms with E-state index < -0.39 is 24.3 Å². The van der Waals surface area contributed by atoms with Gasteiger partial charge in [-0.2, -0.15) is 0 Å². The lowest BCUT2D eigenvalue weighted by molar-refractivity contribution is -0.139. The number of likely N-dealkylation sites (N-methyl/N-ethyl adjacent to an activating group) is 1. The van der Waals surface area contributed by atoms with E-state index >= 15 is 0 Å². The third-order valence-corrected chi connectivity index (χ3v) is 4.55. The van der Waals surface area contributed by atoms with Crippen LogP contribution in [0, 0.1) is 0 Å². The van der Waals surface area contributed by atoms with Crippen LogP contribution in [0.1, 0.15) is 33.3 Å². The SMILES string of the molecule is CNCC(=Cc1ccccc1OCC(=O)O)B1OC(C)(C)C(C)(C)O1. The van der Waals surface area contributed by atoms with Gasteiger partial charge in [-0.25, -0.2) is 4.79 Å². The fraction of sp³-hybridized carbons (Fsp3) is 0.500. The molecule has 0 unspecified atom stereocenters. The zero-order valence-corrected chi connectivity index (χ0v) is 15.5. The van der Waals surface area contributed by atoms with Crippen molar-refractivity contribution in [2.75, 3.05) is 20.2 Å². The Kier molecular flexibility index (Phi) is 5.93. The zero-order valence-electron chi connectivity index (χ0n) is 15.5. The van der Waals surface area contributed by atoms with E-state index in [0.717, 1.165) is 11.0 Å². The molecule has 1 aliphatic heterocycles. The van der Waals surface area contributed by atoms with Gasteiger partial charge in [0, 0.05) is 12.1 Å². The number of para-hydroxylation sites is 1. The van der Waals surface area contributed by atoms with Gasteiger partial charge >= 0.3 is 13.1 Å². The number of ether oxygens (including phenoxy) is 1. The molecule has 2 N–H and O–H groups in total. The molecule has 0 spiro atoms. The first-order valence-corrected chi connectivity index (χ1v) is 8.30. The molecular formula is C18H26BNO5. The largest absolute Gasteiger partial charge is 0.491 e. The Balaban J connectivity index is 2.31. The van der Waals surface area contributed by atoms with Gasteiger partial charge in [0.15, 0.2) is 6.61 Å². The van der Waals surface area contributed by atoms with Crippen LogP contribution in [0.15, 0.2) is 29.7 Å². The highest BCUT2D eigenvalue weighted by molar-refractivity contribution is 6.56. The molecule has 0 amide bonds. The van der Waals surface area contributed by atoms with Crippen LogP contribution in [0.3, 0.4) is 0 Å². The smallest absolute Gasteiger partial charge is 0.481 e. The summed E-state index contributed by atoms with van der Waals surface area (Å²) in [6.07, 6.45) is 1.93. The van der Waals surface area contributed by atoms with Crippen molar-refractivity contribution in [3.8, 4) is 5.75 Å². The molecule has 1 fully saturated rings. The molecule has 0 aliphatic carbocycles. The van der Waals surface area contributed by atoms with Gasteiger partial charge in [-0.3, -0.25) is 0 Å². The molecule has 0 aromatic heterocycles. The predicted octanol–water partition coefficient (Wildman–Crippen LogP) is 2.38. The molecule has 1 aliphatic rings. The maximum atomic E-state index is 10.8. The maximum Gasteiger partial charge on any atom is 0.491 e. The summed E-state index contributed by atoms with van der Waals surface area (Å²) in [7, 11) is 1.37. The number of rotatable bonds is 7. The first-order chi connectivity index (χ1) is 11.7. The summed E-state index contributed by atoms with van der Waals surface area (Å²) in [5.74, 6) is -0.504.